The van der Waals surface area contributed by atoms with Gasteiger partial charge in [-0.05, 0) is 6.42 Å². The molecule has 0 aromatic rings. The minimum atomic E-state index is -5.06. The fourth-order valence-electron chi connectivity index (χ4n) is 0.671. The SMILES string of the molecule is CCC(CC(F)(F)F)OS(=O)(=O)[O-]. The van der Waals surface area contributed by atoms with E-state index < -0.39 is 29.1 Å². The summed E-state index contributed by atoms with van der Waals surface area (Å²) < 4.78 is 68.6. The standard InChI is InChI=1S/C5H9F3O4S/c1-2-4(3-5(6,7)8)12-13(9,10)11/h4H,2-3H2,1H3,(H,9,10,11)/p-1. The Morgan fingerprint density at radius 1 is 1.46 bits per heavy atom. The summed E-state index contributed by atoms with van der Waals surface area (Å²) in [6.45, 7) is 1.29. The van der Waals surface area contributed by atoms with Crippen molar-refractivity contribution in [3.63, 3.8) is 0 Å². The summed E-state index contributed by atoms with van der Waals surface area (Å²) in [4.78, 5) is 0. The monoisotopic (exact) mass is 221 g/mol. The van der Waals surface area contributed by atoms with Gasteiger partial charge in [0.05, 0.1) is 12.5 Å². The van der Waals surface area contributed by atoms with Crippen LogP contribution in [-0.4, -0.2) is 25.3 Å². The van der Waals surface area contributed by atoms with Crippen LogP contribution in [0.15, 0.2) is 0 Å². The highest BCUT2D eigenvalue weighted by atomic mass is 32.3. The Morgan fingerprint density at radius 2 is 1.92 bits per heavy atom. The van der Waals surface area contributed by atoms with E-state index in [4.69, 9.17) is 0 Å². The van der Waals surface area contributed by atoms with Gasteiger partial charge in [-0.15, -0.1) is 0 Å². The molecule has 4 nitrogen and oxygen atoms in total. The van der Waals surface area contributed by atoms with Crippen molar-refractivity contribution in [3.8, 4) is 0 Å². The average Bonchev–Trinajstić information content (AvgIpc) is 1.79. The summed E-state index contributed by atoms with van der Waals surface area (Å²) in [6.07, 6.45) is -7.79. The van der Waals surface area contributed by atoms with Gasteiger partial charge in [-0.3, -0.25) is 4.18 Å². The van der Waals surface area contributed by atoms with Gasteiger partial charge in [0.15, 0.2) is 0 Å². The molecular weight excluding hydrogens is 213 g/mol. The van der Waals surface area contributed by atoms with Crippen LogP contribution >= 0.6 is 0 Å². The van der Waals surface area contributed by atoms with Gasteiger partial charge in [0.25, 0.3) is 0 Å². The summed E-state index contributed by atoms with van der Waals surface area (Å²) >= 11 is 0. The fraction of sp³-hybridized carbons (Fsp3) is 1.00. The van der Waals surface area contributed by atoms with Gasteiger partial charge in [-0.25, -0.2) is 8.42 Å². The Kier molecular flexibility index (Phi) is 4.14. The molecule has 0 aliphatic carbocycles. The van der Waals surface area contributed by atoms with Crippen LogP contribution in [-0.2, 0) is 14.6 Å². The van der Waals surface area contributed by atoms with E-state index >= 15 is 0 Å². The average molecular weight is 221 g/mol. The number of rotatable bonds is 4. The van der Waals surface area contributed by atoms with E-state index in [0.717, 1.165) is 0 Å². The summed E-state index contributed by atoms with van der Waals surface area (Å²) in [5.74, 6) is 0. The molecule has 0 aromatic carbocycles. The van der Waals surface area contributed by atoms with Crippen LogP contribution in [0, 0.1) is 0 Å². The zero-order valence-corrected chi connectivity index (χ0v) is 7.48. The number of hydrogen-bond acceptors (Lipinski definition) is 4. The molecule has 0 spiro atoms. The number of alkyl halides is 3. The lowest BCUT2D eigenvalue weighted by molar-refractivity contribution is -0.150. The van der Waals surface area contributed by atoms with Crippen molar-refractivity contribution >= 4 is 10.4 Å². The van der Waals surface area contributed by atoms with Crippen LogP contribution in [0.2, 0.25) is 0 Å². The van der Waals surface area contributed by atoms with E-state index in [1.54, 1.807) is 0 Å². The predicted octanol–water partition coefficient (Wildman–Crippen LogP) is 1.19. The Morgan fingerprint density at radius 3 is 2.15 bits per heavy atom. The van der Waals surface area contributed by atoms with Crippen molar-refractivity contribution < 1.29 is 30.3 Å². The van der Waals surface area contributed by atoms with Gasteiger partial charge < -0.3 is 4.55 Å². The first-order chi connectivity index (χ1) is 5.64. The Balaban J connectivity index is 4.22. The van der Waals surface area contributed by atoms with Crippen LogP contribution in [0.3, 0.4) is 0 Å². The second kappa shape index (κ2) is 4.25. The van der Waals surface area contributed by atoms with E-state index in [0.29, 0.717) is 0 Å². The Labute approximate surface area is 73.6 Å². The van der Waals surface area contributed by atoms with Gasteiger partial charge in [0.1, 0.15) is 0 Å². The van der Waals surface area contributed by atoms with Crippen molar-refractivity contribution in [1.82, 2.24) is 0 Å². The lowest BCUT2D eigenvalue weighted by Gasteiger charge is -2.18. The molecule has 0 rings (SSSR count). The minimum absolute atomic E-state index is 0.193. The minimum Gasteiger partial charge on any atom is -0.726 e. The molecular formula is C5H8F3O4S-. The Hall–Kier alpha value is -0.340. The molecule has 1 atom stereocenters. The van der Waals surface area contributed by atoms with Crippen molar-refractivity contribution in [2.45, 2.75) is 32.0 Å². The van der Waals surface area contributed by atoms with E-state index in [1.807, 2.05) is 0 Å². The summed E-state index contributed by atoms with van der Waals surface area (Å²) in [5, 5.41) is 0. The fourth-order valence-corrected chi connectivity index (χ4v) is 1.21. The first-order valence-electron chi connectivity index (χ1n) is 3.35. The molecule has 80 valence electrons. The van der Waals surface area contributed by atoms with Crippen LogP contribution < -0.4 is 0 Å². The van der Waals surface area contributed by atoms with Gasteiger partial charge in [-0.1, -0.05) is 6.92 Å². The highest BCUT2D eigenvalue weighted by Crippen LogP contribution is 2.24. The van der Waals surface area contributed by atoms with Crippen molar-refractivity contribution in [2.75, 3.05) is 0 Å². The Bertz CT molecular complexity index is 245. The molecule has 0 aliphatic heterocycles. The van der Waals surface area contributed by atoms with Gasteiger partial charge >= 0.3 is 6.18 Å². The van der Waals surface area contributed by atoms with Gasteiger partial charge in [0.2, 0.25) is 10.4 Å². The molecule has 0 aliphatic rings. The first kappa shape index (κ1) is 12.7. The lowest BCUT2D eigenvalue weighted by Crippen LogP contribution is -2.24. The summed E-state index contributed by atoms with van der Waals surface area (Å²) in [5.41, 5.74) is 0. The highest BCUT2D eigenvalue weighted by molar-refractivity contribution is 7.80. The number of hydrogen-bond donors (Lipinski definition) is 0. The lowest BCUT2D eigenvalue weighted by atomic mass is 10.2. The smallest absolute Gasteiger partial charge is 0.391 e. The molecule has 0 heterocycles. The quantitative estimate of drug-likeness (QED) is 0.528. The third-order valence-electron chi connectivity index (χ3n) is 1.17. The van der Waals surface area contributed by atoms with E-state index in [1.165, 1.54) is 6.92 Å². The third kappa shape index (κ3) is 8.00. The van der Waals surface area contributed by atoms with E-state index in [2.05, 4.69) is 4.18 Å². The highest BCUT2D eigenvalue weighted by Gasteiger charge is 2.32. The zero-order chi connectivity index (χ0) is 10.7. The van der Waals surface area contributed by atoms with Crippen LogP contribution in [0.1, 0.15) is 19.8 Å². The molecule has 0 fully saturated rings. The van der Waals surface area contributed by atoms with Gasteiger partial charge in [0, 0.05) is 0 Å². The van der Waals surface area contributed by atoms with Crippen LogP contribution in [0.25, 0.3) is 0 Å². The molecule has 8 heteroatoms. The predicted molar refractivity (Wildman–Crippen MR) is 35.5 cm³/mol. The van der Waals surface area contributed by atoms with Crippen molar-refractivity contribution in [3.05, 3.63) is 0 Å². The molecule has 0 saturated carbocycles. The maximum Gasteiger partial charge on any atom is 0.391 e. The van der Waals surface area contributed by atoms with Crippen molar-refractivity contribution in [1.29, 1.82) is 0 Å². The molecule has 0 amide bonds. The maximum atomic E-state index is 11.7. The third-order valence-corrected chi connectivity index (χ3v) is 1.68. The maximum absolute atomic E-state index is 11.7. The molecule has 0 radical (unpaired) electrons. The second-order valence-electron chi connectivity index (χ2n) is 2.35. The second-order valence-corrected chi connectivity index (χ2v) is 3.36. The first-order valence-corrected chi connectivity index (χ1v) is 4.68. The molecule has 0 bridgehead atoms. The van der Waals surface area contributed by atoms with E-state index in [-0.39, 0.29) is 6.42 Å². The molecule has 1 unspecified atom stereocenters. The topological polar surface area (TPSA) is 66.4 Å². The normalized spacial score (nSPS) is 15.8. The molecule has 0 aromatic heterocycles. The zero-order valence-electron chi connectivity index (χ0n) is 6.67. The van der Waals surface area contributed by atoms with Gasteiger partial charge in [-0.2, -0.15) is 13.2 Å². The van der Waals surface area contributed by atoms with Crippen LogP contribution in [0.4, 0.5) is 13.2 Å². The largest absolute Gasteiger partial charge is 0.726 e. The summed E-state index contributed by atoms with van der Waals surface area (Å²) in [6, 6.07) is 0. The summed E-state index contributed by atoms with van der Waals surface area (Å²) in [7, 11) is -5.06. The van der Waals surface area contributed by atoms with E-state index in [9.17, 15) is 26.1 Å². The molecule has 13 heavy (non-hydrogen) atoms. The van der Waals surface area contributed by atoms with Crippen molar-refractivity contribution in [2.24, 2.45) is 0 Å². The molecule has 0 N–H and O–H groups in total. The molecule has 0 saturated heterocycles. The number of halogens is 3. The van der Waals surface area contributed by atoms with Crippen LogP contribution in [0.5, 0.6) is 0 Å².